The molecule has 4 heteroatoms. The van der Waals surface area contributed by atoms with Crippen LogP contribution in [0.1, 0.15) is 26.7 Å². The molecule has 0 N–H and O–H groups in total. The van der Waals surface area contributed by atoms with E-state index in [1.807, 2.05) is 13.8 Å². The van der Waals surface area contributed by atoms with Crippen LogP contribution < -0.4 is 0 Å². The van der Waals surface area contributed by atoms with Gasteiger partial charge in [-0.25, -0.2) is 0 Å². The highest BCUT2D eigenvalue weighted by atomic mass is 32.3. The second kappa shape index (κ2) is 2.73. The molecule has 0 amide bonds. The van der Waals surface area contributed by atoms with Gasteiger partial charge in [0, 0.05) is 0 Å². The zero-order valence-corrected chi connectivity index (χ0v) is 7.57. The maximum absolute atomic E-state index is 12.2. The van der Waals surface area contributed by atoms with E-state index >= 15 is 0 Å². The van der Waals surface area contributed by atoms with Crippen molar-refractivity contribution in [2.75, 3.05) is 0 Å². The van der Waals surface area contributed by atoms with Crippen molar-refractivity contribution in [3.05, 3.63) is 0 Å². The van der Waals surface area contributed by atoms with E-state index in [1.54, 1.807) is 0 Å². The molecule has 1 aliphatic rings. The largest absolute Gasteiger partial charge is 0.305 e. The van der Waals surface area contributed by atoms with E-state index in [0.29, 0.717) is 24.7 Å². The Bertz CT molecular complexity index is 227. The van der Waals surface area contributed by atoms with Crippen molar-refractivity contribution < 1.29 is 12.3 Å². The molecular formula is C7H13FO2S. The van der Waals surface area contributed by atoms with Crippen LogP contribution in [0.4, 0.5) is 3.89 Å². The van der Waals surface area contributed by atoms with E-state index in [0.717, 1.165) is 0 Å². The van der Waals surface area contributed by atoms with Crippen LogP contribution in [0.2, 0.25) is 0 Å². The molecule has 0 spiro atoms. The maximum atomic E-state index is 12.2. The molecule has 1 aliphatic carbocycles. The standard InChI is InChI=1S/C7H13FO2S/c1-5(2)6-3-7(4-6)11(8,9)10/h5-7H,3-4H2,1-2H3. The van der Waals surface area contributed by atoms with Gasteiger partial charge < -0.3 is 0 Å². The Labute approximate surface area is 67.0 Å². The minimum Gasteiger partial charge on any atom is -0.195 e. The van der Waals surface area contributed by atoms with Gasteiger partial charge in [0.25, 0.3) is 0 Å². The fourth-order valence-corrected chi connectivity index (χ4v) is 2.33. The lowest BCUT2D eigenvalue weighted by Gasteiger charge is -2.35. The van der Waals surface area contributed by atoms with Crippen LogP contribution >= 0.6 is 0 Å². The highest BCUT2D eigenvalue weighted by Gasteiger charge is 2.39. The normalized spacial score (nSPS) is 32.0. The minimum atomic E-state index is -4.23. The molecule has 0 atom stereocenters. The topological polar surface area (TPSA) is 34.1 Å². The van der Waals surface area contributed by atoms with Gasteiger partial charge in [0.05, 0.1) is 5.25 Å². The summed E-state index contributed by atoms with van der Waals surface area (Å²) in [6, 6.07) is 0. The third-order valence-electron chi connectivity index (χ3n) is 2.47. The van der Waals surface area contributed by atoms with Gasteiger partial charge in [-0.2, -0.15) is 8.42 Å². The number of hydrogen-bond donors (Lipinski definition) is 0. The van der Waals surface area contributed by atoms with Gasteiger partial charge in [-0.15, -0.1) is 3.89 Å². The van der Waals surface area contributed by atoms with Gasteiger partial charge in [-0.05, 0) is 24.7 Å². The third-order valence-corrected chi connectivity index (χ3v) is 3.65. The minimum absolute atomic E-state index is 0.408. The fraction of sp³-hybridized carbons (Fsp3) is 1.00. The van der Waals surface area contributed by atoms with Crippen LogP contribution in [0.3, 0.4) is 0 Å². The zero-order valence-electron chi connectivity index (χ0n) is 6.75. The first-order valence-electron chi connectivity index (χ1n) is 3.84. The van der Waals surface area contributed by atoms with Crippen LogP contribution in [0.15, 0.2) is 0 Å². The molecule has 66 valence electrons. The van der Waals surface area contributed by atoms with E-state index in [2.05, 4.69) is 0 Å². The second-order valence-corrected chi connectivity index (χ2v) is 5.19. The lowest BCUT2D eigenvalue weighted by Crippen LogP contribution is -2.36. The van der Waals surface area contributed by atoms with Crippen molar-refractivity contribution in [1.82, 2.24) is 0 Å². The predicted octanol–water partition coefficient (Wildman–Crippen LogP) is 1.72. The maximum Gasteiger partial charge on any atom is 0.305 e. The van der Waals surface area contributed by atoms with E-state index in [1.165, 1.54) is 0 Å². The summed E-state index contributed by atoms with van der Waals surface area (Å²) in [4.78, 5) is 0. The molecule has 1 fully saturated rings. The molecule has 0 radical (unpaired) electrons. The molecule has 0 aromatic rings. The SMILES string of the molecule is CC(C)C1CC(S(=O)(=O)F)C1. The van der Waals surface area contributed by atoms with Gasteiger partial charge in [0.2, 0.25) is 0 Å². The molecule has 0 aliphatic heterocycles. The monoisotopic (exact) mass is 180 g/mol. The smallest absolute Gasteiger partial charge is 0.195 e. The number of hydrogen-bond acceptors (Lipinski definition) is 2. The summed E-state index contributed by atoms with van der Waals surface area (Å²) in [6.07, 6.45) is 1.02. The van der Waals surface area contributed by atoms with Gasteiger partial charge in [0.1, 0.15) is 0 Å². The van der Waals surface area contributed by atoms with Crippen LogP contribution in [0.5, 0.6) is 0 Å². The van der Waals surface area contributed by atoms with Crippen LogP contribution in [-0.4, -0.2) is 13.7 Å². The van der Waals surface area contributed by atoms with Crippen LogP contribution in [0, 0.1) is 11.8 Å². The summed E-state index contributed by atoms with van der Waals surface area (Å²) in [5, 5.41) is -0.699. The Morgan fingerprint density at radius 3 is 2.09 bits per heavy atom. The number of halogens is 1. The second-order valence-electron chi connectivity index (χ2n) is 3.57. The van der Waals surface area contributed by atoms with Gasteiger partial charge >= 0.3 is 10.2 Å². The van der Waals surface area contributed by atoms with Crippen molar-refractivity contribution in [2.45, 2.75) is 31.9 Å². The first-order chi connectivity index (χ1) is 4.91. The number of rotatable bonds is 2. The van der Waals surface area contributed by atoms with Crippen molar-refractivity contribution in [1.29, 1.82) is 0 Å². The summed E-state index contributed by atoms with van der Waals surface area (Å²) >= 11 is 0. The van der Waals surface area contributed by atoms with Crippen LogP contribution in [-0.2, 0) is 10.2 Å². The summed E-state index contributed by atoms with van der Waals surface area (Å²) in [7, 11) is -4.23. The van der Waals surface area contributed by atoms with Crippen molar-refractivity contribution in [3.8, 4) is 0 Å². The van der Waals surface area contributed by atoms with Gasteiger partial charge in [0.15, 0.2) is 0 Å². The summed E-state index contributed by atoms with van der Waals surface area (Å²) in [6.45, 7) is 4.07. The van der Waals surface area contributed by atoms with E-state index in [9.17, 15) is 12.3 Å². The average molecular weight is 180 g/mol. The summed E-state index contributed by atoms with van der Waals surface area (Å²) < 4.78 is 32.9. The van der Waals surface area contributed by atoms with E-state index < -0.39 is 15.5 Å². The Morgan fingerprint density at radius 1 is 1.36 bits per heavy atom. The Hall–Kier alpha value is -0.120. The lowest BCUT2D eigenvalue weighted by molar-refractivity contribution is 0.233. The Balaban J connectivity index is 2.42. The quantitative estimate of drug-likeness (QED) is 0.606. The molecule has 0 aromatic heterocycles. The molecular weight excluding hydrogens is 167 g/mol. The Morgan fingerprint density at radius 2 is 1.82 bits per heavy atom. The highest BCUT2D eigenvalue weighted by Crippen LogP contribution is 2.38. The summed E-state index contributed by atoms with van der Waals surface area (Å²) in [5.41, 5.74) is 0. The first-order valence-corrected chi connectivity index (χ1v) is 5.29. The molecule has 2 nitrogen and oxygen atoms in total. The predicted molar refractivity (Wildman–Crippen MR) is 41.4 cm³/mol. The summed E-state index contributed by atoms with van der Waals surface area (Å²) in [5.74, 6) is 0.888. The molecule has 1 rings (SSSR count). The Kier molecular flexibility index (Phi) is 2.23. The molecule has 0 saturated heterocycles. The molecule has 0 aromatic carbocycles. The van der Waals surface area contributed by atoms with Crippen molar-refractivity contribution >= 4 is 10.2 Å². The highest BCUT2D eigenvalue weighted by molar-refractivity contribution is 7.87. The third kappa shape index (κ3) is 1.92. The van der Waals surface area contributed by atoms with E-state index in [4.69, 9.17) is 0 Å². The molecule has 0 heterocycles. The molecule has 0 unspecified atom stereocenters. The average Bonchev–Trinajstić information content (AvgIpc) is 1.51. The van der Waals surface area contributed by atoms with E-state index in [-0.39, 0.29) is 0 Å². The molecule has 11 heavy (non-hydrogen) atoms. The molecule has 1 saturated carbocycles. The zero-order chi connectivity index (χ0) is 8.65. The van der Waals surface area contributed by atoms with Crippen LogP contribution in [0.25, 0.3) is 0 Å². The van der Waals surface area contributed by atoms with Crippen molar-refractivity contribution in [2.24, 2.45) is 11.8 Å². The van der Waals surface area contributed by atoms with Gasteiger partial charge in [-0.3, -0.25) is 0 Å². The lowest BCUT2D eigenvalue weighted by atomic mass is 9.77. The van der Waals surface area contributed by atoms with Crippen molar-refractivity contribution in [3.63, 3.8) is 0 Å². The molecule has 0 bridgehead atoms. The van der Waals surface area contributed by atoms with Gasteiger partial charge in [-0.1, -0.05) is 13.8 Å². The first kappa shape index (κ1) is 8.97. The fourth-order valence-electron chi connectivity index (χ4n) is 1.38.